The minimum absolute atomic E-state index is 0.00339. The first kappa shape index (κ1) is 23.6. The van der Waals surface area contributed by atoms with Gasteiger partial charge in [-0.05, 0) is 32.0 Å². The van der Waals surface area contributed by atoms with E-state index < -0.39 is 21.5 Å². The lowest BCUT2D eigenvalue weighted by molar-refractivity contribution is 0.0730. The number of ether oxygens (including phenoxy) is 1. The van der Waals surface area contributed by atoms with Crippen LogP contribution < -0.4 is 5.32 Å². The van der Waals surface area contributed by atoms with Crippen LogP contribution in [0.2, 0.25) is 5.02 Å². The molecular weight excluding hydrogens is 444 g/mol. The third kappa shape index (κ3) is 5.08. The van der Waals surface area contributed by atoms with E-state index in [0.29, 0.717) is 24.9 Å². The molecule has 11 heteroatoms. The zero-order valence-electron chi connectivity index (χ0n) is 18.2. The van der Waals surface area contributed by atoms with Gasteiger partial charge in [0.15, 0.2) is 5.82 Å². The molecule has 0 spiro atoms. The number of morpholine rings is 1. The van der Waals surface area contributed by atoms with Gasteiger partial charge in [0.05, 0.1) is 34.2 Å². The van der Waals surface area contributed by atoms with E-state index in [9.17, 15) is 13.2 Å². The van der Waals surface area contributed by atoms with Crippen molar-refractivity contribution >= 4 is 27.5 Å². The number of sulfonamides is 1. The number of nitrogens with zero attached hydrogens (tertiary/aromatic N) is 3. The molecule has 1 amide bonds. The van der Waals surface area contributed by atoms with E-state index >= 15 is 0 Å². The van der Waals surface area contributed by atoms with Gasteiger partial charge in [-0.15, -0.1) is 0 Å². The second kappa shape index (κ2) is 8.50. The lowest BCUT2D eigenvalue weighted by atomic mass is 9.97. The molecule has 1 fully saturated rings. The quantitative estimate of drug-likeness (QED) is 0.714. The van der Waals surface area contributed by atoms with Crippen molar-refractivity contribution in [2.75, 3.05) is 26.3 Å². The van der Waals surface area contributed by atoms with Crippen LogP contribution in [0.3, 0.4) is 0 Å². The molecule has 170 valence electrons. The van der Waals surface area contributed by atoms with Gasteiger partial charge in [-0.3, -0.25) is 4.79 Å². The summed E-state index contributed by atoms with van der Waals surface area (Å²) >= 11 is 6.23. The van der Waals surface area contributed by atoms with Crippen molar-refractivity contribution in [3.8, 4) is 0 Å². The van der Waals surface area contributed by atoms with Gasteiger partial charge < -0.3 is 14.6 Å². The fourth-order valence-electron chi connectivity index (χ4n) is 2.96. The number of rotatable bonds is 5. The second-order valence-electron chi connectivity index (χ2n) is 8.91. The van der Waals surface area contributed by atoms with Crippen LogP contribution in [-0.2, 0) is 25.7 Å². The van der Waals surface area contributed by atoms with Crippen LogP contribution in [0.1, 0.15) is 56.7 Å². The summed E-state index contributed by atoms with van der Waals surface area (Å²) in [5.41, 5.74) is -1.27. The van der Waals surface area contributed by atoms with Crippen molar-refractivity contribution in [2.45, 2.75) is 50.5 Å². The third-order valence-corrected chi connectivity index (χ3v) is 7.07. The Labute approximate surface area is 187 Å². The molecule has 2 aromatic rings. The van der Waals surface area contributed by atoms with E-state index in [-0.39, 0.29) is 34.0 Å². The zero-order valence-corrected chi connectivity index (χ0v) is 19.8. The molecule has 31 heavy (non-hydrogen) atoms. The fourth-order valence-corrected chi connectivity index (χ4v) is 4.60. The zero-order chi connectivity index (χ0) is 23.0. The number of hydrogen-bond donors (Lipinski definition) is 1. The highest BCUT2D eigenvalue weighted by molar-refractivity contribution is 7.89. The minimum atomic E-state index is -3.77. The topological polar surface area (TPSA) is 115 Å². The summed E-state index contributed by atoms with van der Waals surface area (Å²) in [4.78, 5) is 17.4. The Morgan fingerprint density at radius 2 is 1.81 bits per heavy atom. The predicted octanol–water partition coefficient (Wildman–Crippen LogP) is 2.71. The SMILES string of the molecule is CC(C)(C)c1nc(C(C)(C)NC(=O)c2cc(S(=O)(=O)N3CCOCC3)ccc2Cl)no1. The number of benzene rings is 1. The van der Waals surface area contributed by atoms with Gasteiger partial charge in [-0.1, -0.05) is 37.5 Å². The minimum Gasteiger partial charge on any atom is -0.379 e. The molecule has 0 saturated carbocycles. The van der Waals surface area contributed by atoms with Crippen LogP contribution in [0.25, 0.3) is 0 Å². The number of halogens is 1. The van der Waals surface area contributed by atoms with Gasteiger partial charge in [-0.25, -0.2) is 8.42 Å². The van der Waals surface area contributed by atoms with E-state index in [1.54, 1.807) is 13.8 Å². The molecule has 0 radical (unpaired) electrons. The maximum atomic E-state index is 13.0. The molecule has 0 atom stereocenters. The van der Waals surface area contributed by atoms with Gasteiger partial charge in [0.1, 0.15) is 0 Å². The van der Waals surface area contributed by atoms with Crippen LogP contribution in [-0.4, -0.2) is 55.1 Å². The summed E-state index contributed by atoms with van der Waals surface area (Å²) in [6, 6.07) is 4.09. The highest BCUT2D eigenvalue weighted by Gasteiger charge is 2.33. The highest BCUT2D eigenvalue weighted by atomic mass is 35.5. The highest BCUT2D eigenvalue weighted by Crippen LogP contribution is 2.27. The van der Waals surface area contributed by atoms with E-state index in [1.807, 2.05) is 20.8 Å². The Bertz CT molecular complexity index is 1070. The maximum Gasteiger partial charge on any atom is 0.253 e. The number of amides is 1. The molecular formula is C20H27ClN4O5S. The smallest absolute Gasteiger partial charge is 0.253 e. The predicted molar refractivity (Wildman–Crippen MR) is 115 cm³/mol. The lowest BCUT2D eigenvalue weighted by Gasteiger charge is -2.26. The summed E-state index contributed by atoms with van der Waals surface area (Å²) in [5, 5.41) is 6.95. The molecule has 1 aromatic carbocycles. The fraction of sp³-hybridized carbons (Fsp3) is 0.550. The second-order valence-corrected chi connectivity index (χ2v) is 11.3. The first-order chi connectivity index (χ1) is 14.3. The average molecular weight is 471 g/mol. The largest absolute Gasteiger partial charge is 0.379 e. The van der Waals surface area contributed by atoms with Crippen molar-refractivity contribution in [1.82, 2.24) is 19.8 Å². The summed E-state index contributed by atoms with van der Waals surface area (Å²) in [6.45, 7) is 10.4. The van der Waals surface area contributed by atoms with E-state index in [0.717, 1.165) is 0 Å². The normalized spacial score (nSPS) is 16.3. The van der Waals surface area contributed by atoms with Crippen LogP contribution in [0.15, 0.2) is 27.6 Å². The Kier molecular flexibility index (Phi) is 6.48. The number of carbonyl (C=O) groups excluding carboxylic acids is 1. The van der Waals surface area contributed by atoms with Gasteiger partial charge >= 0.3 is 0 Å². The molecule has 0 unspecified atom stereocenters. The first-order valence-electron chi connectivity index (χ1n) is 9.87. The molecule has 1 saturated heterocycles. The molecule has 3 rings (SSSR count). The molecule has 1 aliphatic heterocycles. The van der Waals surface area contributed by atoms with Crippen LogP contribution in [0.4, 0.5) is 0 Å². The van der Waals surface area contributed by atoms with Crippen LogP contribution >= 0.6 is 11.6 Å². The summed E-state index contributed by atoms with van der Waals surface area (Å²) in [5.74, 6) is 0.205. The lowest BCUT2D eigenvalue weighted by Crippen LogP contribution is -2.42. The molecule has 9 nitrogen and oxygen atoms in total. The third-order valence-electron chi connectivity index (χ3n) is 4.84. The van der Waals surface area contributed by atoms with Crippen molar-refractivity contribution in [3.63, 3.8) is 0 Å². The Hall–Kier alpha value is -2.01. The molecule has 1 aromatic heterocycles. The van der Waals surface area contributed by atoms with Gasteiger partial charge in [-0.2, -0.15) is 9.29 Å². The maximum absolute atomic E-state index is 13.0. The Morgan fingerprint density at radius 3 is 2.39 bits per heavy atom. The van der Waals surface area contributed by atoms with E-state index in [1.165, 1.54) is 22.5 Å². The average Bonchev–Trinajstić information content (AvgIpc) is 3.20. The van der Waals surface area contributed by atoms with Crippen molar-refractivity contribution in [3.05, 3.63) is 40.5 Å². The van der Waals surface area contributed by atoms with Crippen molar-refractivity contribution < 1.29 is 22.5 Å². The molecule has 0 aliphatic carbocycles. The number of aromatic nitrogens is 2. The molecule has 0 bridgehead atoms. The first-order valence-corrected chi connectivity index (χ1v) is 11.7. The number of nitrogens with one attached hydrogen (secondary N) is 1. The monoisotopic (exact) mass is 470 g/mol. The Morgan fingerprint density at radius 1 is 1.16 bits per heavy atom. The molecule has 1 aliphatic rings. The summed E-state index contributed by atoms with van der Waals surface area (Å²) in [6.07, 6.45) is 0. The molecule has 2 heterocycles. The van der Waals surface area contributed by atoms with Gasteiger partial charge in [0.25, 0.3) is 5.91 Å². The standard InChI is InChI=1S/C20H27ClN4O5S/c1-19(2,3)18-22-17(24-30-18)20(4,5)23-16(26)14-12-13(6-7-15(14)21)31(27,28)25-8-10-29-11-9-25/h6-7,12H,8-11H2,1-5H3,(H,23,26). The Balaban J connectivity index is 1.86. The number of carbonyl (C=O) groups is 1. The van der Waals surface area contributed by atoms with Crippen molar-refractivity contribution in [2.24, 2.45) is 0 Å². The van der Waals surface area contributed by atoms with Crippen LogP contribution in [0.5, 0.6) is 0 Å². The van der Waals surface area contributed by atoms with Crippen LogP contribution in [0, 0.1) is 0 Å². The molecule has 1 N–H and O–H groups in total. The number of hydrogen-bond acceptors (Lipinski definition) is 7. The van der Waals surface area contributed by atoms with Gasteiger partial charge in [0.2, 0.25) is 15.9 Å². The van der Waals surface area contributed by atoms with Crippen molar-refractivity contribution in [1.29, 1.82) is 0 Å². The summed E-state index contributed by atoms with van der Waals surface area (Å²) < 4.78 is 37.8. The van der Waals surface area contributed by atoms with E-state index in [4.69, 9.17) is 20.9 Å². The summed E-state index contributed by atoms with van der Waals surface area (Å²) in [7, 11) is -3.77. The van der Waals surface area contributed by atoms with Gasteiger partial charge in [0, 0.05) is 18.5 Å². The van der Waals surface area contributed by atoms with E-state index in [2.05, 4.69) is 15.5 Å².